The molecule has 0 spiro atoms. The molecule has 1 aliphatic rings. The lowest BCUT2D eigenvalue weighted by Gasteiger charge is -2.22. The van der Waals surface area contributed by atoms with Crippen molar-refractivity contribution in [2.45, 2.75) is 31.2 Å². The van der Waals surface area contributed by atoms with E-state index in [4.69, 9.17) is 5.73 Å². The predicted octanol–water partition coefficient (Wildman–Crippen LogP) is 1.20. The molecule has 1 aliphatic carbocycles. The number of H-pyrrole nitrogens is 1. The Balaban J connectivity index is 2.15. The van der Waals surface area contributed by atoms with Crippen molar-refractivity contribution in [1.82, 2.24) is 14.8 Å². The first kappa shape index (κ1) is 13.5. The fraction of sp³-hybridized carbons (Fsp3) is 0.385. The number of nitro groups is 1. The van der Waals surface area contributed by atoms with Crippen molar-refractivity contribution in [1.29, 1.82) is 0 Å². The Morgan fingerprint density at radius 2 is 2.10 bits per heavy atom. The van der Waals surface area contributed by atoms with E-state index >= 15 is 0 Å². The summed E-state index contributed by atoms with van der Waals surface area (Å²) < 4.78 is 1.33. The van der Waals surface area contributed by atoms with Crippen molar-refractivity contribution in [2.24, 2.45) is 5.73 Å². The summed E-state index contributed by atoms with van der Waals surface area (Å²) in [6.07, 6.45) is 3.44. The zero-order valence-electron chi connectivity index (χ0n) is 11.3. The van der Waals surface area contributed by atoms with Crippen LogP contribution >= 0.6 is 0 Å². The van der Waals surface area contributed by atoms with E-state index in [1.807, 2.05) is 0 Å². The Bertz CT molecular complexity index is 742. The number of nitrogens with two attached hydrogens (primary N) is 1. The molecule has 1 aromatic carbocycles. The largest absolute Gasteiger partial charge is 0.348 e. The number of hydrogen-bond acceptors (Lipinski definition) is 5. The highest BCUT2D eigenvalue weighted by molar-refractivity contribution is 5.44. The Labute approximate surface area is 119 Å². The fourth-order valence-electron chi connectivity index (χ4n) is 2.85. The van der Waals surface area contributed by atoms with E-state index in [0.717, 1.165) is 25.7 Å². The minimum atomic E-state index is -0.663. The normalized spacial score (nSPS) is 17.0. The third kappa shape index (κ3) is 2.23. The highest BCUT2D eigenvalue weighted by Crippen LogP contribution is 2.35. The van der Waals surface area contributed by atoms with Gasteiger partial charge in [0.2, 0.25) is 0 Å². The maximum absolute atomic E-state index is 12.0. The first-order chi connectivity index (χ1) is 10.0. The molecule has 0 bridgehead atoms. The first-order valence-electron chi connectivity index (χ1n) is 6.73. The maximum Gasteiger partial charge on any atom is 0.348 e. The highest BCUT2D eigenvalue weighted by atomic mass is 16.6. The zero-order valence-corrected chi connectivity index (χ0v) is 11.3. The Kier molecular flexibility index (Phi) is 3.09. The molecule has 3 N–H and O–H groups in total. The van der Waals surface area contributed by atoms with Gasteiger partial charge in [0.1, 0.15) is 0 Å². The molecule has 0 amide bonds. The monoisotopic (exact) mass is 289 g/mol. The smallest absolute Gasteiger partial charge is 0.319 e. The molecule has 0 unspecified atom stereocenters. The van der Waals surface area contributed by atoms with Crippen LogP contribution < -0.4 is 11.4 Å². The third-order valence-corrected chi connectivity index (χ3v) is 3.91. The number of nitro benzene ring substituents is 1. The first-order valence-corrected chi connectivity index (χ1v) is 6.73. The number of benzene rings is 1. The molecule has 8 heteroatoms. The van der Waals surface area contributed by atoms with Crippen LogP contribution in [0.5, 0.6) is 0 Å². The lowest BCUT2D eigenvalue weighted by atomic mass is 9.98. The van der Waals surface area contributed by atoms with E-state index in [1.165, 1.54) is 22.8 Å². The van der Waals surface area contributed by atoms with Crippen LogP contribution in [0.1, 0.15) is 31.5 Å². The minimum Gasteiger partial charge on any atom is -0.319 e. The summed E-state index contributed by atoms with van der Waals surface area (Å²) in [4.78, 5) is 22.4. The molecule has 1 aromatic heterocycles. The van der Waals surface area contributed by atoms with E-state index in [0.29, 0.717) is 11.5 Å². The van der Waals surface area contributed by atoms with Gasteiger partial charge in [-0.3, -0.25) is 10.1 Å². The van der Waals surface area contributed by atoms with Crippen LogP contribution in [0, 0.1) is 10.1 Å². The SMILES string of the molecule is NC1(c2n[nH]c(=O)n2-c2cccc([N+](=O)[O-])c2)CCCC1. The summed E-state index contributed by atoms with van der Waals surface area (Å²) in [5, 5.41) is 17.3. The predicted molar refractivity (Wildman–Crippen MR) is 75.2 cm³/mol. The summed E-state index contributed by atoms with van der Waals surface area (Å²) >= 11 is 0. The molecule has 0 atom stereocenters. The van der Waals surface area contributed by atoms with Gasteiger partial charge < -0.3 is 5.73 Å². The molecule has 0 aliphatic heterocycles. The van der Waals surface area contributed by atoms with Crippen LogP contribution in [0.4, 0.5) is 5.69 Å². The molecule has 3 rings (SSSR count). The van der Waals surface area contributed by atoms with Gasteiger partial charge in [0, 0.05) is 12.1 Å². The molecule has 110 valence electrons. The van der Waals surface area contributed by atoms with Crippen LogP contribution in [0.2, 0.25) is 0 Å². The van der Waals surface area contributed by atoms with E-state index in [2.05, 4.69) is 10.2 Å². The minimum absolute atomic E-state index is 0.0796. The summed E-state index contributed by atoms with van der Waals surface area (Å²) in [5.74, 6) is 0.436. The fourth-order valence-corrected chi connectivity index (χ4v) is 2.85. The van der Waals surface area contributed by atoms with Gasteiger partial charge in [0.25, 0.3) is 5.69 Å². The summed E-state index contributed by atoms with van der Waals surface area (Å²) in [6.45, 7) is 0. The van der Waals surface area contributed by atoms with Crippen LogP contribution in [-0.2, 0) is 5.54 Å². The van der Waals surface area contributed by atoms with E-state index < -0.39 is 16.2 Å². The van der Waals surface area contributed by atoms with Crippen LogP contribution in [-0.4, -0.2) is 19.7 Å². The van der Waals surface area contributed by atoms with E-state index in [-0.39, 0.29) is 5.69 Å². The van der Waals surface area contributed by atoms with Gasteiger partial charge in [0.15, 0.2) is 5.82 Å². The maximum atomic E-state index is 12.0. The van der Waals surface area contributed by atoms with Crippen molar-refractivity contribution in [3.63, 3.8) is 0 Å². The van der Waals surface area contributed by atoms with Gasteiger partial charge in [-0.1, -0.05) is 18.9 Å². The summed E-state index contributed by atoms with van der Waals surface area (Å²) in [5.41, 5.74) is 5.57. The molecule has 8 nitrogen and oxygen atoms in total. The second-order valence-corrected chi connectivity index (χ2v) is 5.33. The molecule has 1 heterocycles. The van der Waals surface area contributed by atoms with Crippen molar-refractivity contribution in [3.05, 3.63) is 50.7 Å². The second-order valence-electron chi connectivity index (χ2n) is 5.33. The molecule has 1 fully saturated rings. The van der Waals surface area contributed by atoms with Crippen molar-refractivity contribution in [3.8, 4) is 5.69 Å². The highest BCUT2D eigenvalue weighted by Gasteiger charge is 2.37. The zero-order chi connectivity index (χ0) is 15.0. The summed E-state index contributed by atoms with van der Waals surface area (Å²) in [7, 11) is 0. The van der Waals surface area contributed by atoms with Crippen molar-refractivity contribution >= 4 is 5.69 Å². The van der Waals surface area contributed by atoms with Crippen LogP contribution in [0.25, 0.3) is 5.69 Å². The van der Waals surface area contributed by atoms with Gasteiger partial charge >= 0.3 is 5.69 Å². The molecule has 0 radical (unpaired) electrons. The molecular weight excluding hydrogens is 274 g/mol. The topological polar surface area (TPSA) is 120 Å². The van der Waals surface area contributed by atoms with E-state index in [1.54, 1.807) is 6.07 Å². The number of aromatic amines is 1. The van der Waals surface area contributed by atoms with E-state index in [9.17, 15) is 14.9 Å². The average molecular weight is 289 g/mol. The van der Waals surface area contributed by atoms with Gasteiger partial charge in [-0.25, -0.2) is 14.5 Å². The number of non-ortho nitro benzene ring substituents is 1. The Morgan fingerprint density at radius 3 is 2.76 bits per heavy atom. The second kappa shape index (κ2) is 4.81. The Hall–Kier alpha value is -2.48. The van der Waals surface area contributed by atoms with Gasteiger partial charge in [-0.05, 0) is 18.9 Å². The number of aromatic nitrogens is 3. The third-order valence-electron chi connectivity index (χ3n) is 3.91. The molecule has 21 heavy (non-hydrogen) atoms. The quantitative estimate of drug-likeness (QED) is 0.649. The lowest BCUT2D eigenvalue weighted by Crippen LogP contribution is -2.37. The number of nitrogens with one attached hydrogen (secondary N) is 1. The molecular formula is C13H15N5O3. The number of hydrogen-bond donors (Lipinski definition) is 2. The van der Waals surface area contributed by atoms with Crippen molar-refractivity contribution < 1.29 is 4.92 Å². The number of nitrogens with zero attached hydrogens (tertiary/aromatic N) is 3. The van der Waals surface area contributed by atoms with Gasteiger partial charge in [0.05, 0.1) is 16.1 Å². The Morgan fingerprint density at radius 1 is 1.38 bits per heavy atom. The molecule has 0 saturated heterocycles. The van der Waals surface area contributed by atoms with Crippen LogP contribution in [0.15, 0.2) is 29.1 Å². The molecule has 1 saturated carbocycles. The standard InChI is InChI=1S/C13H15N5O3/c14-13(6-1-2-7-13)11-15-16-12(19)17(11)9-4-3-5-10(8-9)18(20)21/h3-5,8H,1-2,6-7,14H2,(H,16,19). The van der Waals surface area contributed by atoms with Crippen LogP contribution in [0.3, 0.4) is 0 Å². The molecule has 2 aromatic rings. The van der Waals surface area contributed by atoms with Gasteiger partial charge in [-0.2, -0.15) is 5.10 Å². The van der Waals surface area contributed by atoms with Gasteiger partial charge in [-0.15, -0.1) is 0 Å². The average Bonchev–Trinajstić information content (AvgIpc) is 3.06. The van der Waals surface area contributed by atoms with Crippen molar-refractivity contribution in [2.75, 3.05) is 0 Å². The number of rotatable bonds is 3. The summed E-state index contributed by atoms with van der Waals surface area (Å²) in [6, 6.07) is 5.89. The lowest BCUT2D eigenvalue weighted by molar-refractivity contribution is -0.384.